The average Bonchev–Trinajstić information content (AvgIpc) is 2.82. The summed E-state index contributed by atoms with van der Waals surface area (Å²) in [5, 5.41) is 12.7. The Morgan fingerprint density at radius 3 is 2.67 bits per heavy atom. The third kappa shape index (κ3) is 2.30. The summed E-state index contributed by atoms with van der Waals surface area (Å²) in [5.41, 5.74) is 3.19. The van der Waals surface area contributed by atoms with E-state index in [4.69, 9.17) is 5.26 Å². The highest BCUT2D eigenvalue weighted by Crippen LogP contribution is 2.31. The normalized spacial score (nSPS) is 27.4. The van der Waals surface area contributed by atoms with Gasteiger partial charge in [-0.05, 0) is 43.2 Å². The second kappa shape index (κ2) is 5.16. The van der Waals surface area contributed by atoms with Gasteiger partial charge in [0.2, 0.25) is 0 Å². The lowest BCUT2D eigenvalue weighted by Gasteiger charge is -2.19. The Morgan fingerprint density at radius 2 is 2.17 bits per heavy atom. The van der Waals surface area contributed by atoms with Crippen LogP contribution in [0.4, 0.5) is 0 Å². The second-order valence-corrected chi connectivity index (χ2v) is 5.71. The van der Waals surface area contributed by atoms with Crippen molar-refractivity contribution in [2.45, 2.75) is 46.2 Å². The summed E-state index contributed by atoms with van der Waals surface area (Å²) < 4.78 is 1.97. The van der Waals surface area contributed by atoms with Gasteiger partial charge in [-0.15, -0.1) is 0 Å². The number of nitrogens with zero attached hydrogens (tertiary/aromatic N) is 2. The van der Waals surface area contributed by atoms with Crippen molar-refractivity contribution in [2.75, 3.05) is 0 Å². The number of aromatic nitrogens is 1. The molecule has 3 heteroatoms. The van der Waals surface area contributed by atoms with E-state index < -0.39 is 0 Å². The number of nitrogens with one attached hydrogen (secondary N) is 1. The lowest BCUT2D eigenvalue weighted by molar-refractivity contribution is 0.369. The first-order valence-corrected chi connectivity index (χ1v) is 6.83. The molecule has 3 nitrogen and oxygen atoms in total. The number of hydrogen-bond donors (Lipinski definition) is 1. The molecule has 0 amide bonds. The van der Waals surface area contributed by atoms with Gasteiger partial charge >= 0.3 is 0 Å². The molecule has 1 aliphatic rings. The van der Waals surface area contributed by atoms with Crippen LogP contribution in [0, 0.1) is 30.1 Å². The van der Waals surface area contributed by atoms with Crippen molar-refractivity contribution < 1.29 is 0 Å². The molecule has 2 rings (SSSR count). The zero-order valence-corrected chi connectivity index (χ0v) is 11.8. The van der Waals surface area contributed by atoms with Crippen LogP contribution in [0.2, 0.25) is 0 Å². The molecule has 1 aliphatic carbocycles. The summed E-state index contributed by atoms with van der Waals surface area (Å²) in [5.74, 6) is 1.58. The summed E-state index contributed by atoms with van der Waals surface area (Å²) in [6, 6.07) is 4.87. The van der Waals surface area contributed by atoms with Crippen LogP contribution < -0.4 is 5.32 Å². The van der Waals surface area contributed by atoms with E-state index in [0.717, 1.165) is 24.1 Å². The molecule has 3 atom stereocenters. The molecular weight excluding hydrogens is 222 g/mol. The van der Waals surface area contributed by atoms with Crippen molar-refractivity contribution in [3.05, 3.63) is 23.0 Å². The molecule has 18 heavy (non-hydrogen) atoms. The molecule has 1 heterocycles. The monoisotopic (exact) mass is 245 g/mol. The summed E-state index contributed by atoms with van der Waals surface area (Å²) in [6.07, 6.45) is 2.61. The van der Waals surface area contributed by atoms with Gasteiger partial charge < -0.3 is 9.88 Å². The molecule has 1 fully saturated rings. The first kappa shape index (κ1) is 13.2. The Morgan fingerprint density at radius 1 is 1.44 bits per heavy atom. The molecule has 0 bridgehead atoms. The predicted octanol–water partition coefficient (Wildman–Crippen LogP) is 2.73. The standard InChI is InChI=1S/C15H23N3/c1-10-5-6-15(11(10)2)17-9-13-7-14(8-16)18(4)12(13)3/h7,10-11,15,17H,5-6,9H2,1-4H3. The van der Waals surface area contributed by atoms with Gasteiger partial charge in [0.1, 0.15) is 11.8 Å². The van der Waals surface area contributed by atoms with E-state index in [2.05, 4.69) is 32.2 Å². The molecule has 3 unspecified atom stereocenters. The van der Waals surface area contributed by atoms with Crippen LogP contribution >= 0.6 is 0 Å². The number of rotatable bonds is 3. The van der Waals surface area contributed by atoms with E-state index in [-0.39, 0.29) is 0 Å². The Balaban J connectivity index is 2.01. The number of nitriles is 1. The van der Waals surface area contributed by atoms with Gasteiger partial charge in [-0.1, -0.05) is 13.8 Å². The Kier molecular flexibility index (Phi) is 3.77. The molecule has 0 radical (unpaired) electrons. The van der Waals surface area contributed by atoms with E-state index in [1.807, 2.05) is 17.7 Å². The van der Waals surface area contributed by atoms with Crippen LogP contribution in [0.25, 0.3) is 0 Å². The lowest BCUT2D eigenvalue weighted by Crippen LogP contribution is -2.32. The summed E-state index contributed by atoms with van der Waals surface area (Å²) in [6.45, 7) is 7.64. The van der Waals surface area contributed by atoms with Crippen molar-refractivity contribution in [3.63, 3.8) is 0 Å². The third-order valence-corrected chi connectivity index (χ3v) is 4.77. The third-order valence-electron chi connectivity index (χ3n) is 4.77. The fourth-order valence-electron chi connectivity index (χ4n) is 2.94. The predicted molar refractivity (Wildman–Crippen MR) is 73.1 cm³/mol. The molecular formula is C15H23N3. The van der Waals surface area contributed by atoms with Crippen molar-refractivity contribution in [2.24, 2.45) is 18.9 Å². The van der Waals surface area contributed by atoms with E-state index in [1.165, 1.54) is 24.1 Å². The van der Waals surface area contributed by atoms with Crippen LogP contribution in [0.1, 0.15) is 43.6 Å². The van der Waals surface area contributed by atoms with Crippen molar-refractivity contribution in [1.29, 1.82) is 5.26 Å². The number of hydrogen-bond acceptors (Lipinski definition) is 2. The van der Waals surface area contributed by atoms with Gasteiger partial charge in [0, 0.05) is 25.3 Å². The van der Waals surface area contributed by atoms with E-state index in [9.17, 15) is 0 Å². The fourth-order valence-corrected chi connectivity index (χ4v) is 2.94. The van der Waals surface area contributed by atoms with Crippen LogP contribution in [0.5, 0.6) is 0 Å². The van der Waals surface area contributed by atoms with Gasteiger partial charge in [0.05, 0.1) is 0 Å². The molecule has 1 N–H and O–H groups in total. The summed E-state index contributed by atoms with van der Waals surface area (Å²) >= 11 is 0. The van der Waals surface area contributed by atoms with Crippen molar-refractivity contribution >= 4 is 0 Å². The van der Waals surface area contributed by atoms with E-state index in [1.54, 1.807) is 0 Å². The van der Waals surface area contributed by atoms with Crippen LogP contribution in [-0.4, -0.2) is 10.6 Å². The minimum Gasteiger partial charge on any atom is -0.340 e. The van der Waals surface area contributed by atoms with E-state index in [0.29, 0.717) is 6.04 Å². The molecule has 1 aromatic rings. The first-order chi connectivity index (χ1) is 8.54. The van der Waals surface area contributed by atoms with Crippen molar-refractivity contribution in [3.8, 4) is 6.07 Å². The lowest BCUT2D eigenvalue weighted by atomic mass is 9.98. The molecule has 1 saturated carbocycles. The molecule has 98 valence electrons. The molecule has 0 spiro atoms. The SMILES string of the molecule is Cc1c(CNC2CCC(C)C2C)cc(C#N)n1C. The van der Waals surface area contributed by atoms with Crippen LogP contribution in [0.3, 0.4) is 0 Å². The largest absolute Gasteiger partial charge is 0.340 e. The molecule has 0 saturated heterocycles. The minimum absolute atomic E-state index is 0.630. The van der Waals surface area contributed by atoms with Crippen molar-refractivity contribution in [1.82, 2.24) is 9.88 Å². The highest BCUT2D eigenvalue weighted by atomic mass is 15.0. The smallest absolute Gasteiger partial charge is 0.120 e. The quantitative estimate of drug-likeness (QED) is 0.889. The second-order valence-electron chi connectivity index (χ2n) is 5.71. The average molecular weight is 245 g/mol. The van der Waals surface area contributed by atoms with Crippen LogP contribution in [-0.2, 0) is 13.6 Å². The highest BCUT2D eigenvalue weighted by molar-refractivity contribution is 5.34. The van der Waals surface area contributed by atoms with Gasteiger partial charge in [-0.2, -0.15) is 5.26 Å². The van der Waals surface area contributed by atoms with Gasteiger partial charge in [-0.25, -0.2) is 0 Å². The van der Waals surface area contributed by atoms with Crippen LogP contribution in [0.15, 0.2) is 6.07 Å². The molecule has 0 aromatic carbocycles. The van der Waals surface area contributed by atoms with Gasteiger partial charge in [0.15, 0.2) is 0 Å². The maximum absolute atomic E-state index is 9.02. The van der Waals surface area contributed by atoms with Gasteiger partial charge in [0.25, 0.3) is 0 Å². The Hall–Kier alpha value is -1.27. The van der Waals surface area contributed by atoms with E-state index >= 15 is 0 Å². The first-order valence-electron chi connectivity index (χ1n) is 6.83. The molecule has 0 aliphatic heterocycles. The highest BCUT2D eigenvalue weighted by Gasteiger charge is 2.29. The minimum atomic E-state index is 0.630. The maximum atomic E-state index is 9.02. The maximum Gasteiger partial charge on any atom is 0.120 e. The Bertz CT molecular complexity index is 467. The zero-order valence-electron chi connectivity index (χ0n) is 11.8. The Labute approximate surface area is 110 Å². The fraction of sp³-hybridized carbons (Fsp3) is 0.667. The summed E-state index contributed by atoms with van der Waals surface area (Å²) in [4.78, 5) is 0. The van der Waals surface area contributed by atoms with Gasteiger partial charge in [-0.3, -0.25) is 0 Å². The summed E-state index contributed by atoms with van der Waals surface area (Å²) in [7, 11) is 1.96. The topological polar surface area (TPSA) is 40.8 Å². The zero-order chi connectivity index (χ0) is 13.3. The molecule has 1 aromatic heterocycles.